The van der Waals surface area contributed by atoms with E-state index >= 15 is 0 Å². The minimum atomic E-state index is -0.417. The molecule has 0 aromatic heterocycles. The number of nitrogens with two attached hydrogens (primary N) is 1. The van der Waals surface area contributed by atoms with E-state index in [1.807, 2.05) is 13.8 Å². The highest BCUT2D eigenvalue weighted by Gasteiger charge is 2.21. The predicted octanol–water partition coefficient (Wildman–Crippen LogP) is 2.81. The van der Waals surface area contributed by atoms with Crippen molar-refractivity contribution in [2.45, 2.75) is 38.7 Å². The fourth-order valence-electron chi connectivity index (χ4n) is 1.99. The van der Waals surface area contributed by atoms with Crippen LogP contribution < -0.4 is 10.5 Å². The summed E-state index contributed by atoms with van der Waals surface area (Å²) in [5.74, 6) is 1.12. The van der Waals surface area contributed by atoms with E-state index < -0.39 is 4.92 Å². The lowest BCUT2D eigenvalue weighted by Gasteiger charge is -2.20. The highest BCUT2D eigenvalue weighted by atomic mass is 32.2. The van der Waals surface area contributed by atoms with E-state index in [1.54, 1.807) is 0 Å². The fourth-order valence-corrected chi connectivity index (χ4v) is 2.76. The number of nitro groups is 1. The van der Waals surface area contributed by atoms with Crippen LogP contribution in [-0.2, 0) is 17.1 Å². The van der Waals surface area contributed by atoms with Crippen molar-refractivity contribution >= 4 is 22.6 Å². The SMILES string of the molecule is CC[C@@H](C)N=C(N)SCc1cc([N+](=O)[O-])cc2c1OCOC2. The number of benzene rings is 1. The van der Waals surface area contributed by atoms with Crippen molar-refractivity contribution in [3.05, 3.63) is 33.4 Å². The molecule has 0 saturated carbocycles. The fraction of sp³-hybridized carbons (Fsp3) is 0.500. The summed E-state index contributed by atoms with van der Waals surface area (Å²) >= 11 is 1.35. The number of thioether (sulfide) groups is 1. The molecule has 0 bridgehead atoms. The van der Waals surface area contributed by atoms with E-state index in [-0.39, 0.29) is 18.5 Å². The number of amidine groups is 1. The molecule has 2 rings (SSSR count). The molecule has 2 N–H and O–H groups in total. The zero-order chi connectivity index (χ0) is 16.1. The summed E-state index contributed by atoms with van der Waals surface area (Å²) in [5, 5.41) is 11.5. The number of hydrogen-bond donors (Lipinski definition) is 1. The van der Waals surface area contributed by atoms with E-state index in [0.717, 1.165) is 12.0 Å². The second-order valence-electron chi connectivity index (χ2n) is 4.97. The Bertz CT molecular complexity index is 592. The van der Waals surface area contributed by atoms with Crippen LogP contribution in [0.25, 0.3) is 0 Å². The summed E-state index contributed by atoms with van der Waals surface area (Å²) in [4.78, 5) is 15.0. The molecule has 1 aromatic rings. The van der Waals surface area contributed by atoms with Gasteiger partial charge in [-0.1, -0.05) is 18.7 Å². The number of nitrogens with zero attached hydrogens (tertiary/aromatic N) is 2. The van der Waals surface area contributed by atoms with Crippen LogP contribution in [0.3, 0.4) is 0 Å². The molecule has 1 atom stereocenters. The van der Waals surface area contributed by atoms with Gasteiger partial charge < -0.3 is 15.2 Å². The Hall–Kier alpha value is -1.80. The van der Waals surface area contributed by atoms with Gasteiger partial charge in [0.05, 0.1) is 11.5 Å². The van der Waals surface area contributed by atoms with Gasteiger partial charge >= 0.3 is 0 Å². The monoisotopic (exact) mass is 325 g/mol. The molecule has 1 aromatic carbocycles. The molecule has 0 radical (unpaired) electrons. The smallest absolute Gasteiger partial charge is 0.270 e. The van der Waals surface area contributed by atoms with Gasteiger partial charge in [-0.2, -0.15) is 0 Å². The molecule has 0 aliphatic carbocycles. The first-order valence-corrected chi connectivity index (χ1v) is 7.96. The van der Waals surface area contributed by atoms with Crippen molar-refractivity contribution in [2.75, 3.05) is 6.79 Å². The Balaban J connectivity index is 2.20. The Morgan fingerprint density at radius 2 is 2.36 bits per heavy atom. The van der Waals surface area contributed by atoms with Gasteiger partial charge in [-0.25, -0.2) is 0 Å². The zero-order valence-corrected chi connectivity index (χ0v) is 13.4. The van der Waals surface area contributed by atoms with Crippen molar-refractivity contribution in [2.24, 2.45) is 10.7 Å². The maximum Gasteiger partial charge on any atom is 0.270 e. The molecule has 1 heterocycles. The third-order valence-electron chi connectivity index (χ3n) is 3.30. The molecule has 0 saturated heterocycles. The number of nitro benzene ring substituents is 1. The Morgan fingerprint density at radius 3 is 3.05 bits per heavy atom. The van der Waals surface area contributed by atoms with Crippen LogP contribution >= 0.6 is 11.8 Å². The van der Waals surface area contributed by atoms with E-state index in [1.165, 1.54) is 23.9 Å². The van der Waals surface area contributed by atoms with Crippen molar-refractivity contribution in [3.8, 4) is 5.75 Å². The first kappa shape index (κ1) is 16.6. The van der Waals surface area contributed by atoms with Gasteiger partial charge in [-0.05, 0) is 13.3 Å². The second kappa shape index (κ2) is 7.46. The molecule has 22 heavy (non-hydrogen) atoms. The van der Waals surface area contributed by atoms with Crippen molar-refractivity contribution in [3.63, 3.8) is 0 Å². The second-order valence-corrected chi connectivity index (χ2v) is 5.97. The minimum absolute atomic E-state index is 0.0286. The molecule has 8 heteroatoms. The van der Waals surface area contributed by atoms with Gasteiger partial charge in [0.1, 0.15) is 5.75 Å². The minimum Gasteiger partial charge on any atom is -0.467 e. The quantitative estimate of drug-likeness (QED) is 0.387. The number of fused-ring (bicyclic) bond motifs is 1. The number of non-ortho nitro benzene ring substituents is 1. The van der Waals surface area contributed by atoms with E-state index in [0.29, 0.717) is 28.8 Å². The van der Waals surface area contributed by atoms with Crippen molar-refractivity contribution in [1.29, 1.82) is 0 Å². The van der Waals surface area contributed by atoms with E-state index in [9.17, 15) is 10.1 Å². The molecule has 0 fully saturated rings. The lowest BCUT2D eigenvalue weighted by molar-refractivity contribution is -0.385. The maximum atomic E-state index is 11.0. The lowest BCUT2D eigenvalue weighted by atomic mass is 10.1. The Morgan fingerprint density at radius 1 is 1.59 bits per heavy atom. The van der Waals surface area contributed by atoms with Crippen LogP contribution in [-0.4, -0.2) is 22.9 Å². The maximum absolute atomic E-state index is 11.0. The first-order chi connectivity index (χ1) is 10.5. The van der Waals surface area contributed by atoms with Crippen molar-refractivity contribution < 1.29 is 14.4 Å². The third kappa shape index (κ3) is 4.11. The van der Waals surface area contributed by atoms with Gasteiger partial charge in [-0.15, -0.1) is 0 Å². The first-order valence-electron chi connectivity index (χ1n) is 6.98. The molecule has 7 nitrogen and oxygen atoms in total. The van der Waals surface area contributed by atoms with E-state index in [4.69, 9.17) is 15.2 Å². The zero-order valence-electron chi connectivity index (χ0n) is 12.6. The average Bonchev–Trinajstić information content (AvgIpc) is 2.52. The van der Waals surface area contributed by atoms with Crippen LogP contribution in [0.5, 0.6) is 5.75 Å². The van der Waals surface area contributed by atoms with Crippen LogP contribution in [0.15, 0.2) is 17.1 Å². The van der Waals surface area contributed by atoms with Gasteiger partial charge in [0.2, 0.25) is 0 Å². The summed E-state index contributed by atoms with van der Waals surface area (Å²) in [6.07, 6.45) is 0.911. The number of aliphatic imine (C=N–C) groups is 1. The van der Waals surface area contributed by atoms with Gasteiger partial charge in [0.25, 0.3) is 5.69 Å². The number of rotatable bonds is 5. The summed E-state index contributed by atoms with van der Waals surface area (Å²) in [6, 6.07) is 3.17. The van der Waals surface area contributed by atoms with Crippen LogP contribution in [0, 0.1) is 10.1 Å². The van der Waals surface area contributed by atoms with E-state index in [2.05, 4.69) is 4.99 Å². The standard InChI is InChI=1S/C14H19N3O4S/c1-3-9(2)16-14(15)22-7-11-5-12(17(18)19)4-10-6-20-8-21-13(10)11/h4-5,9H,3,6-8H2,1-2H3,(H2,15,16)/t9-/m1/s1. The average molecular weight is 325 g/mol. The molecular formula is C14H19N3O4S. The van der Waals surface area contributed by atoms with Crippen LogP contribution in [0.1, 0.15) is 31.4 Å². The summed E-state index contributed by atoms with van der Waals surface area (Å²) in [7, 11) is 0. The summed E-state index contributed by atoms with van der Waals surface area (Å²) in [6.45, 7) is 4.49. The van der Waals surface area contributed by atoms with Gasteiger partial charge in [-0.3, -0.25) is 15.1 Å². The molecule has 1 aliphatic heterocycles. The highest BCUT2D eigenvalue weighted by Crippen LogP contribution is 2.34. The van der Waals surface area contributed by atoms with Gasteiger partial charge in [0.15, 0.2) is 12.0 Å². The van der Waals surface area contributed by atoms with Gasteiger partial charge in [0, 0.05) is 35.1 Å². The molecule has 0 unspecified atom stereocenters. The lowest BCUT2D eigenvalue weighted by Crippen LogP contribution is -2.15. The largest absolute Gasteiger partial charge is 0.467 e. The normalized spacial score (nSPS) is 15.8. The summed E-state index contributed by atoms with van der Waals surface area (Å²) in [5.41, 5.74) is 7.34. The van der Waals surface area contributed by atoms with Crippen LogP contribution in [0.4, 0.5) is 5.69 Å². The molecule has 1 aliphatic rings. The summed E-state index contributed by atoms with van der Waals surface area (Å²) < 4.78 is 10.7. The highest BCUT2D eigenvalue weighted by molar-refractivity contribution is 8.13. The topological polar surface area (TPSA) is 100.0 Å². The predicted molar refractivity (Wildman–Crippen MR) is 86.1 cm³/mol. The number of ether oxygens (including phenoxy) is 2. The molecular weight excluding hydrogens is 306 g/mol. The Labute approximate surface area is 133 Å². The Kier molecular flexibility index (Phi) is 5.62. The molecule has 0 amide bonds. The van der Waals surface area contributed by atoms with Crippen LogP contribution in [0.2, 0.25) is 0 Å². The molecule has 0 spiro atoms. The molecule has 120 valence electrons. The third-order valence-corrected chi connectivity index (χ3v) is 4.15. The number of hydrogen-bond acceptors (Lipinski definition) is 6. The van der Waals surface area contributed by atoms with Crippen molar-refractivity contribution in [1.82, 2.24) is 0 Å².